The third-order valence-corrected chi connectivity index (χ3v) is 3.25. The summed E-state index contributed by atoms with van der Waals surface area (Å²) in [5.41, 5.74) is 0.169. The average molecular weight is 280 g/mol. The number of carboxylic acids is 1. The van der Waals surface area contributed by atoms with Crippen LogP contribution >= 0.6 is 0 Å². The van der Waals surface area contributed by atoms with Gasteiger partial charge in [0, 0.05) is 25.3 Å². The summed E-state index contributed by atoms with van der Waals surface area (Å²) in [6.45, 7) is 1.29. The number of nitrogens with zero attached hydrogens (tertiary/aromatic N) is 1. The Morgan fingerprint density at radius 3 is 2.95 bits per heavy atom. The first-order valence-electron chi connectivity index (χ1n) is 6.45. The zero-order valence-corrected chi connectivity index (χ0v) is 10.9. The molecular weight excluding hydrogens is 264 g/mol. The number of ether oxygens (including phenoxy) is 1. The maximum absolute atomic E-state index is 11.1. The largest absolute Gasteiger partial charge is 0.478 e. The van der Waals surface area contributed by atoms with Gasteiger partial charge in [-0.15, -0.1) is 0 Å². The highest BCUT2D eigenvalue weighted by molar-refractivity contribution is 5.94. The predicted molar refractivity (Wildman–Crippen MR) is 72.1 cm³/mol. The molecule has 0 amide bonds. The molecule has 0 aliphatic carbocycles. The van der Waals surface area contributed by atoms with E-state index < -0.39 is 10.9 Å². The van der Waals surface area contributed by atoms with Crippen LogP contribution in [0.4, 0.5) is 11.4 Å². The molecule has 7 nitrogen and oxygen atoms in total. The molecule has 0 radical (unpaired) electrons. The van der Waals surface area contributed by atoms with Crippen molar-refractivity contribution in [2.45, 2.75) is 25.4 Å². The van der Waals surface area contributed by atoms with Crippen molar-refractivity contribution in [1.82, 2.24) is 0 Å². The molecule has 20 heavy (non-hydrogen) atoms. The standard InChI is InChI=1S/C13H16N2O5/c16-13(17)11-4-3-9(15(18)19)8-12(11)14-6-5-10-2-1-7-20-10/h3-4,8,10,14H,1-2,5-7H2,(H,16,17). The lowest BCUT2D eigenvalue weighted by molar-refractivity contribution is -0.384. The first-order chi connectivity index (χ1) is 9.58. The number of hydrogen-bond donors (Lipinski definition) is 2. The van der Waals surface area contributed by atoms with Gasteiger partial charge in [0.05, 0.1) is 22.3 Å². The highest BCUT2D eigenvalue weighted by Crippen LogP contribution is 2.23. The molecule has 108 valence electrons. The second-order valence-electron chi connectivity index (χ2n) is 4.64. The minimum atomic E-state index is -1.11. The number of carboxylic acid groups (broad SMARTS) is 1. The molecule has 0 aromatic heterocycles. The Morgan fingerprint density at radius 2 is 2.35 bits per heavy atom. The van der Waals surface area contributed by atoms with Crippen LogP contribution in [0, 0.1) is 10.1 Å². The van der Waals surface area contributed by atoms with Crippen LogP contribution in [-0.2, 0) is 4.74 Å². The Bertz CT molecular complexity index is 511. The number of anilines is 1. The van der Waals surface area contributed by atoms with Crippen molar-refractivity contribution in [3.05, 3.63) is 33.9 Å². The molecule has 0 spiro atoms. The van der Waals surface area contributed by atoms with Crippen molar-refractivity contribution in [2.24, 2.45) is 0 Å². The zero-order chi connectivity index (χ0) is 14.5. The third-order valence-electron chi connectivity index (χ3n) is 3.25. The molecule has 1 aromatic carbocycles. The van der Waals surface area contributed by atoms with Crippen LogP contribution in [0.2, 0.25) is 0 Å². The Kier molecular flexibility index (Phi) is 4.52. The summed E-state index contributed by atoms with van der Waals surface area (Å²) < 4.78 is 5.47. The van der Waals surface area contributed by atoms with Gasteiger partial charge in [0.1, 0.15) is 0 Å². The highest BCUT2D eigenvalue weighted by Gasteiger charge is 2.17. The molecule has 1 fully saturated rings. The number of carbonyl (C=O) groups is 1. The number of nitro benzene ring substituents is 1. The lowest BCUT2D eigenvalue weighted by Crippen LogP contribution is -2.14. The van der Waals surface area contributed by atoms with Crippen molar-refractivity contribution in [3.63, 3.8) is 0 Å². The second-order valence-corrected chi connectivity index (χ2v) is 4.64. The summed E-state index contributed by atoms with van der Waals surface area (Å²) in [5.74, 6) is -1.11. The summed E-state index contributed by atoms with van der Waals surface area (Å²) in [7, 11) is 0. The van der Waals surface area contributed by atoms with E-state index in [-0.39, 0.29) is 23.0 Å². The monoisotopic (exact) mass is 280 g/mol. The molecule has 2 N–H and O–H groups in total. The first kappa shape index (κ1) is 14.3. The van der Waals surface area contributed by atoms with Gasteiger partial charge in [0.25, 0.3) is 5.69 Å². The number of nitrogens with one attached hydrogen (secondary N) is 1. The normalized spacial score (nSPS) is 17.9. The molecule has 1 aliphatic rings. The number of aromatic carboxylic acids is 1. The highest BCUT2D eigenvalue weighted by atomic mass is 16.6. The number of nitro groups is 1. The Hall–Kier alpha value is -2.15. The molecule has 1 atom stereocenters. The van der Waals surface area contributed by atoms with Crippen molar-refractivity contribution in [3.8, 4) is 0 Å². The smallest absolute Gasteiger partial charge is 0.337 e. The van der Waals surface area contributed by atoms with Crippen LogP contribution < -0.4 is 5.32 Å². The molecule has 1 aliphatic heterocycles. The van der Waals surface area contributed by atoms with Gasteiger partial charge in [-0.1, -0.05) is 0 Å². The topological polar surface area (TPSA) is 102 Å². The predicted octanol–water partition coefficient (Wildman–Crippen LogP) is 2.27. The number of non-ortho nitro benzene ring substituents is 1. The maximum atomic E-state index is 11.1. The van der Waals surface area contributed by atoms with Gasteiger partial charge < -0.3 is 15.2 Å². The lowest BCUT2D eigenvalue weighted by Gasteiger charge is -2.12. The van der Waals surface area contributed by atoms with Gasteiger partial charge in [0.2, 0.25) is 0 Å². The molecule has 1 heterocycles. The summed E-state index contributed by atoms with van der Waals surface area (Å²) in [5, 5.41) is 22.8. The molecular formula is C13H16N2O5. The molecule has 1 saturated heterocycles. The van der Waals surface area contributed by atoms with E-state index in [0.717, 1.165) is 25.9 Å². The van der Waals surface area contributed by atoms with Crippen LogP contribution in [0.5, 0.6) is 0 Å². The van der Waals surface area contributed by atoms with E-state index in [0.29, 0.717) is 6.54 Å². The van der Waals surface area contributed by atoms with Crippen molar-refractivity contribution < 1.29 is 19.6 Å². The van der Waals surface area contributed by atoms with Crippen LogP contribution in [-0.4, -0.2) is 35.3 Å². The van der Waals surface area contributed by atoms with Crippen LogP contribution in [0.25, 0.3) is 0 Å². The molecule has 7 heteroatoms. The fourth-order valence-corrected chi connectivity index (χ4v) is 2.22. The average Bonchev–Trinajstić information content (AvgIpc) is 2.91. The first-order valence-corrected chi connectivity index (χ1v) is 6.45. The second kappa shape index (κ2) is 6.33. The van der Waals surface area contributed by atoms with Gasteiger partial charge in [-0.3, -0.25) is 10.1 Å². The van der Waals surface area contributed by atoms with E-state index in [9.17, 15) is 14.9 Å². The Balaban J connectivity index is 2.04. The number of hydrogen-bond acceptors (Lipinski definition) is 5. The lowest BCUT2D eigenvalue weighted by atomic mass is 10.1. The van der Waals surface area contributed by atoms with E-state index in [1.807, 2.05) is 0 Å². The minimum Gasteiger partial charge on any atom is -0.478 e. The van der Waals surface area contributed by atoms with E-state index in [2.05, 4.69) is 5.32 Å². The molecule has 0 bridgehead atoms. The van der Waals surface area contributed by atoms with E-state index in [1.54, 1.807) is 0 Å². The van der Waals surface area contributed by atoms with Crippen molar-refractivity contribution in [2.75, 3.05) is 18.5 Å². The Morgan fingerprint density at radius 1 is 1.55 bits per heavy atom. The van der Waals surface area contributed by atoms with Gasteiger partial charge in [-0.2, -0.15) is 0 Å². The van der Waals surface area contributed by atoms with E-state index in [4.69, 9.17) is 9.84 Å². The molecule has 1 aromatic rings. The van der Waals surface area contributed by atoms with Crippen LogP contribution in [0.1, 0.15) is 29.6 Å². The summed E-state index contributed by atoms with van der Waals surface area (Å²) in [6.07, 6.45) is 2.99. The van der Waals surface area contributed by atoms with Crippen LogP contribution in [0.15, 0.2) is 18.2 Å². The number of benzene rings is 1. The summed E-state index contributed by atoms with van der Waals surface area (Å²) in [4.78, 5) is 21.3. The fourth-order valence-electron chi connectivity index (χ4n) is 2.22. The fraction of sp³-hybridized carbons (Fsp3) is 0.462. The van der Waals surface area contributed by atoms with Gasteiger partial charge in [0.15, 0.2) is 0 Å². The molecule has 1 unspecified atom stereocenters. The third kappa shape index (κ3) is 3.45. The minimum absolute atomic E-state index is 0.0305. The summed E-state index contributed by atoms with van der Waals surface area (Å²) >= 11 is 0. The molecule has 0 saturated carbocycles. The Labute approximate surface area is 115 Å². The van der Waals surface area contributed by atoms with E-state index in [1.165, 1.54) is 18.2 Å². The van der Waals surface area contributed by atoms with Crippen molar-refractivity contribution in [1.29, 1.82) is 0 Å². The SMILES string of the molecule is O=C(O)c1ccc([N+](=O)[O-])cc1NCCC1CCCO1. The maximum Gasteiger partial charge on any atom is 0.337 e. The van der Waals surface area contributed by atoms with Crippen molar-refractivity contribution >= 4 is 17.3 Å². The quantitative estimate of drug-likeness (QED) is 0.612. The van der Waals surface area contributed by atoms with Crippen LogP contribution in [0.3, 0.4) is 0 Å². The van der Waals surface area contributed by atoms with E-state index >= 15 is 0 Å². The van der Waals surface area contributed by atoms with Gasteiger partial charge >= 0.3 is 5.97 Å². The van der Waals surface area contributed by atoms with Gasteiger partial charge in [-0.25, -0.2) is 4.79 Å². The number of rotatable bonds is 6. The van der Waals surface area contributed by atoms with Gasteiger partial charge in [-0.05, 0) is 25.3 Å². The summed E-state index contributed by atoms with van der Waals surface area (Å²) in [6, 6.07) is 3.68. The zero-order valence-electron chi connectivity index (χ0n) is 10.9. The molecule has 2 rings (SSSR count).